The van der Waals surface area contributed by atoms with E-state index in [-0.39, 0.29) is 0 Å². The molecule has 0 aromatic heterocycles. The topological polar surface area (TPSA) is 35.2 Å². The van der Waals surface area contributed by atoms with Crippen LogP contribution in [0.3, 0.4) is 0 Å². The second-order valence-corrected chi connectivity index (χ2v) is 2.72. The molecule has 11 heavy (non-hydrogen) atoms. The van der Waals surface area contributed by atoms with Crippen LogP contribution < -0.4 is 5.73 Å². The Labute approximate surface area is 67.7 Å². The van der Waals surface area contributed by atoms with E-state index in [9.17, 15) is 0 Å². The van der Waals surface area contributed by atoms with Gasteiger partial charge in [0.2, 0.25) is 0 Å². The molecule has 1 rings (SSSR count). The van der Waals surface area contributed by atoms with Crippen LogP contribution in [-0.2, 0) is 4.74 Å². The summed E-state index contributed by atoms with van der Waals surface area (Å²) in [7, 11) is 0. The van der Waals surface area contributed by atoms with Crippen molar-refractivity contribution >= 4 is 0 Å². The Hall–Kier alpha value is -0.920. The van der Waals surface area contributed by atoms with E-state index in [4.69, 9.17) is 10.5 Å². The predicted octanol–water partition coefficient (Wildman–Crippen LogP) is 1.93. The predicted molar refractivity (Wildman–Crippen MR) is 45.8 cm³/mol. The molecule has 0 aliphatic heterocycles. The average molecular weight is 153 g/mol. The fraction of sp³-hybridized carbons (Fsp3) is 0.556. The number of ether oxygens (including phenoxy) is 1. The summed E-state index contributed by atoms with van der Waals surface area (Å²) in [4.78, 5) is 0. The fourth-order valence-electron chi connectivity index (χ4n) is 0.988. The number of nitrogens with two attached hydrogens (primary N) is 1. The Morgan fingerprint density at radius 1 is 1.45 bits per heavy atom. The molecule has 0 spiro atoms. The quantitative estimate of drug-likeness (QED) is 0.672. The van der Waals surface area contributed by atoms with Gasteiger partial charge in [-0.15, -0.1) is 0 Å². The summed E-state index contributed by atoms with van der Waals surface area (Å²) in [6.07, 6.45) is 6.86. The van der Waals surface area contributed by atoms with E-state index in [1.165, 1.54) is 0 Å². The standard InChI is InChI=1S/C9H15NO/c1-2-7-11-9-5-3-8(10)4-6-9/h3,5H,2,4,6-7,10H2,1H3. The smallest absolute Gasteiger partial charge is 0.0964 e. The Balaban J connectivity index is 2.35. The Morgan fingerprint density at radius 3 is 2.82 bits per heavy atom. The lowest BCUT2D eigenvalue weighted by molar-refractivity contribution is 0.201. The third-order valence-electron chi connectivity index (χ3n) is 1.63. The summed E-state index contributed by atoms with van der Waals surface area (Å²) in [5, 5.41) is 0. The molecule has 0 amide bonds. The summed E-state index contributed by atoms with van der Waals surface area (Å²) >= 11 is 0. The summed E-state index contributed by atoms with van der Waals surface area (Å²) in [6, 6.07) is 0. The normalized spacial score (nSPS) is 17.2. The van der Waals surface area contributed by atoms with Crippen molar-refractivity contribution in [3.8, 4) is 0 Å². The van der Waals surface area contributed by atoms with Crippen LogP contribution in [0.15, 0.2) is 23.6 Å². The van der Waals surface area contributed by atoms with Crippen LogP contribution in [0.2, 0.25) is 0 Å². The highest BCUT2D eigenvalue weighted by molar-refractivity contribution is 5.18. The molecule has 0 heterocycles. The van der Waals surface area contributed by atoms with Gasteiger partial charge in [0, 0.05) is 12.1 Å². The first-order chi connectivity index (χ1) is 5.33. The molecule has 2 nitrogen and oxygen atoms in total. The van der Waals surface area contributed by atoms with Crippen molar-refractivity contribution in [2.75, 3.05) is 6.61 Å². The largest absolute Gasteiger partial charge is 0.498 e. The number of rotatable bonds is 3. The van der Waals surface area contributed by atoms with Gasteiger partial charge in [0.15, 0.2) is 0 Å². The Morgan fingerprint density at radius 2 is 2.27 bits per heavy atom. The van der Waals surface area contributed by atoms with Crippen molar-refractivity contribution in [3.63, 3.8) is 0 Å². The number of hydrogen-bond donors (Lipinski definition) is 1. The third kappa shape index (κ3) is 2.66. The van der Waals surface area contributed by atoms with Crippen LogP contribution in [0.25, 0.3) is 0 Å². The zero-order valence-corrected chi connectivity index (χ0v) is 6.97. The molecule has 0 unspecified atom stereocenters. The summed E-state index contributed by atoms with van der Waals surface area (Å²) < 4.78 is 5.44. The zero-order chi connectivity index (χ0) is 8.10. The van der Waals surface area contributed by atoms with E-state index < -0.39 is 0 Å². The van der Waals surface area contributed by atoms with Crippen LogP contribution in [0.5, 0.6) is 0 Å². The second kappa shape index (κ2) is 4.06. The van der Waals surface area contributed by atoms with E-state index >= 15 is 0 Å². The first kappa shape index (κ1) is 8.18. The van der Waals surface area contributed by atoms with E-state index in [2.05, 4.69) is 6.92 Å². The first-order valence-electron chi connectivity index (χ1n) is 4.11. The molecule has 2 N–H and O–H groups in total. The van der Waals surface area contributed by atoms with Crippen molar-refractivity contribution < 1.29 is 4.74 Å². The molecule has 62 valence electrons. The van der Waals surface area contributed by atoms with Crippen molar-refractivity contribution in [1.82, 2.24) is 0 Å². The zero-order valence-electron chi connectivity index (χ0n) is 6.97. The lowest BCUT2D eigenvalue weighted by atomic mass is 10.1. The maximum absolute atomic E-state index is 5.59. The molecule has 0 saturated heterocycles. The molecule has 0 aromatic carbocycles. The minimum atomic E-state index is 0.819. The van der Waals surface area contributed by atoms with Crippen LogP contribution in [0, 0.1) is 0 Å². The van der Waals surface area contributed by atoms with Crippen LogP contribution in [0.1, 0.15) is 26.2 Å². The van der Waals surface area contributed by atoms with Gasteiger partial charge in [-0.25, -0.2) is 0 Å². The van der Waals surface area contributed by atoms with Gasteiger partial charge in [-0.1, -0.05) is 6.92 Å². The molecule has 0 bridgehead atoms. The molecule has 0 radical (unpaired) electrons. The van der Waals surface area contributed by atoms with Crippen LogP contribution >= 0.6 is 0 Å². The number of allylic oxidation sites excluding steroid dienone is 4. The lowest BCUT2D eigenvalue weighted by Gasteiger charge is -2.12. The van der Waals surface area contributed by atoms with E-state index in [0.29, 0.717) is 0 Å². The van der Waals surface area contributed by atoms with Gasteiger partial charge in [0.05, 0.1) is 12.4 Å². The summed E-state index contributed by atoms with van der Waals surface area (Å²) in [5.41, 5.74) is 6.54. The molecular weight excluding hydrogens is 138 g/mol. The minimum Gasteiger partial charge on any atom is -0.498 e. The van der Waals surface area contributed by atoms with Gasteiger partial charge >= 0.3 is 0 Å². The van der Waals surface area contributed by atoms with Gasteiger partial charge in [-0.3, -0.25) is 0 Å². The Bertz CT molecular complexity index is 182. The number of hydrogen-bond acceptors (Lipinski definition) is 2. The molecule has 1 aliphatic rings. The van der Waals surface area contributed by atoms with Crippen molar-refractivity contribution in [3.05, 3.63) is 23.6 Å². The van der Waals surface area contributed by atoms with Crippen molar-refractivity contribution in [2.24, 2.45) is 5.73 Å². The van der Waals surface area contributed by atoms with Crippen molar-refractivity contribution in [1.29, 1.82) is 0 Å². The SMILES string of the molecule is CCCOC1=CC=C(N)CC1. The fourth-order valence-corrected chi connectivity index (χ4v) is 0.988. The highest BCUT2D eigenvalue weighted by Crippen LogP contribution is 2.15. The maximum atomic E-state index is 5.59. The van der Waals surface area contributed by atoms with Gasteiger partial charge in [-0.05, 0) is 25.0 Å². The van der Waals surface area contributed by atoms with Gasteiger partial charge in [0.1, 0.15) is 0 Å². The molecule has 0 fully saturated rings. The molecule has 0 aromatic rings. The van der Waals surface area contributed by atoms with E-state index in [1.807, 2.05) is 12.2 Å². The minimum absolute atomic E-state index is 0.819. The molecule has 1 aliphatic carbocycles. The van der Waals surface area contributed by atoms with E-state index in [0.717, 1.165) is 37.3 Å². The Kier molecular flexibility index (Phi) is 3.02. The summed E-state index contributed by atoms with van der Waals surface area (Å²) in [6.45, 7) is 2.92. The van der Waals surface area contributed by atoms with Crippen LogP contribution in [0.4, 0.5) is 0 Å². The third-order valence-corrected chi connectivity index (χ3v) is 1.63. The van der Waals surface area contributed by atoms with Gasteiger partial charge in [0.25, 0.3) is 0 Å². The highest BCUT2D eigenvalue weighted by atomic mass is 16.5. The summed E-state index contributed by atoms with van der Waals surface area (Å²) in [5.74, 6) is 1.07. The van der Waals surface area contributed by atoms with Gasteiger partial charge < -0.3 is 10.5 Å². The highest BCUT2D eigenvalue weighted by Gasteiger charge is 2.03. The molecular formula is C9H15NO. The molecule has 2 heteroatoms. The maximum Gasteiger partial charge on any atom is 0.0964 e. The molecule has 0 saturated carbocycles. The lowest BCUT2D eigenvalue weighted by Crippen LogP contribution is -2.04. The van der Waals surface area contributed by atoms with Crippen molar-refractivity contribution in [2.45, 2.75) is 26.2 Å². The van der Waals surface area contributed by atoms with Crippen LogP contribution in [-0.4, -0.2) is 6.61 Å². The second-order valence-electron chi connectivity index (χ2n) is 2.72. The first-order valence-corrected chi connectivity index (χ1v) is 4.11. The van der Waals surface area contributed by atoms with Gasteiger partial charge in [-0.2, -0.15) is 0 Å². The van der Waals surface area contributed by atoms with E-state index in [1.54, 1.807) is 0 Å². The monoisotopic (exact) mass is 153 g/mol. The molecule has 0 atom stereocenters. The average Bonchev–Trinajstić information content (AvgIpc) is 2.04.